The van der Waals surface area contributed by atoms with Crippen molar-refractivity contribution < 1.29 is 22.4 Å². The van der Waals surface area contributed by atoms with E-state index in [4.69, 9.17) is 5.73 Å². The third-order valence-electron chi connectivity index (χ3n) is 1.06. The zero-order valence-electron chi connectivity index (χ0n) is 5.41. The van der Waals surface area contributed by atoms with Gasteiger partial charge in [-0.1, -0.05) is 26.2 Å². The van der Waals surface area contributed by atoms with Crippen LogP contribution in [-0.2, 0) is 22.4 Å². The molecular formula is C6H15AuN+3. The van der Waals surface area contributed by atoms with E-state index >= 15 is 0 Å². The van der Waals surface area contributed by atoms with Crippen LogP contribution in [0.15, 0.2) is 0 Å². The minimum atomic E-state index is 0. The van der Waals surface area contributed by atoms with Gasteiger partial charge in [-0.05, 0) is 13.0 Å². The fraction of sp³-hybridized carbons (Fsp3) is 1.00. The van der Waals surface area contributed by atoms with Crippen LogP contribution in [0.5, 0.6) is 0 Å². The van der Waals surface area contributed by atoms with E-state index in [1.54, 1.807) is 0 Å². The summed E-state index contributed by atoms with van der Waals surface area (Å²) >= 11 is 0. The van der Waals surface area contributed by atoms with Crippen LogP contribution >= 0.6 is 0 Å². The molecule has 0 heterocycles. The zero-order chi connectivity index (χ0) is 5.54. The monoisotopic (exact) mass is 298 g/mol. The molecule has 0 aliphatic rings. The van der Waals surface area contributed by atoms with Crippen molar-refractivity contribution in [2.75, 3.05) is 6.54 Å². The largest absolute Gasteiger partial charge is 3.00 e. The summed E-state index contributed by atoms with van der Waals surface area (Å²) in [5.74, 6) is 0. The Morgan fingerprint density at radius 1 is 1.12 bits per heavy atom. The third kappa shape index (κ3) is 9.85. The van der Waals surface area contributed by atoms with Gasteiger partial charge >= 0.3 is 22.4 Å². The number of rotatable bonds is 4. The Morgan fingerprint density at radius 2 is 1.75 bits per heavy atom. The summed E-state index contributed by atoms with van der Waals surface area (Å²) in [7, 11) is 0. The van der Waals surface area contributed by atoms with Gasteiger partial charge in [-0.3, -0.25) is 0 Å². The Morgan fingerprint density at radius 3 is 2.12 bits per heavy atom. The molecule has 0 rings (SSSR count). The Hall–Kier alpha value is 0.700. The van der Waals surface area contributed by atoms with Crippen molar-refractivity contribution in [2.45, 2.75) is 32.6 Å². The number of nitrogens with two attached hydrogens (primary N) is 1. The first-order chi connectivity index (χ1) is 3.41. The second-order valence-electron chi connectivity index (χ2n) is 1.85. The molecule has 0 fully saturated rings. The van der Waals surface area contributed by atoms with Gasteiger partial charge in [0.2, 0.25) is 0 Å². The van der Waals surface area contributed by atoms with Crippen molar-refractivity contribution in [1.29, 1.82) is 0 Å². The summed E-state index contributed by atoms with van der Waals surface area (Å²) in [6.45, 7) is 3.07. The standard InChI is InChI=1S/C6H15N.Au/c1-2-3-4-5-6-7;/h2-7H2,1H3;/q;+3. The Kier molecular flexibility index (Phi) is 15.3. The molecular weight excluding hydrogens is 283 g/mol. The zero-order valence-corrected chi connectivity index (χ0v) is 7.58. The summed E-state index contributed by atoms with van der Waals surface area (Å²) in [5.41, 5.74) is 5.27. The molecule has 0 amide bonds. The number of hydrogen-bond donors (Lipinski definition) is 1. The molecule has 0 atom stereocenters. The third-order valence-corrected chi connectivity index (χ3v) is 1.06. The van der Waals surface area contributed by atoms with Crippen LogP contribution in [0.3, 0.4) is 0 Å². The van der Waals surface area contributed by atoms with Crippen LogP contribution in [0.25, 0.3) is 0 Å². The van der Waals surface area contributed by atoms with Crippen molar-refractivity contribution in [3.8, 4) is 0 Å². The van der Waals surface area contributed by atoms with E-state index in [1.807, 2.05) is 0 Å². The molecule has 0 aromatic rings. The normalized spacial score (nSPS) is 8.25. The predicted molar refractivity (Wildman–Crippen MR) is 33.2 cm³/mol. The molecule has 2 heteroatoms. The molecule has 0 bridgehead atoms. The van der Waals surface area contributed by atoms with Crippen LogP contribution < -0.4 is 5.73 Å². The van der Waals surface area contributed by atoms with E-state index in [9.17, 15) is 0 Å². The van der Waals surface area contributed by atoms with Gasteiger partial charge in [0.15, 0.2) is 0 Å². The minimum absolute atomic E-state index is 0. The van der Waals surface area contributed by atoms with Gasteiger partial charge < -0.3 is 5.73 Å². The summed E-state index contributed by atoms with van der Waals surface area (Å²) < 4.78 is 0. The molecule has 1 nitrogen and oxygen atoms in total. The van der Waals surface area contributed by atoms with Gasteiger partial charge in [-0.25, -0.2) is 0 Å². The maximum absolute atomic E-state index is 5.27. The number of unbranched alkanes of at least 4 members (excludes halogenated alkanes) is 3. The van der Waals surface area contributed by atoms with Gasteiger partial charge in [0.1, 0.15) is 0 Å². The van der Waals surface area contributed by atoms with Crippen molar-refractivity contribution in [3.05, 3.63) is 0 Å². The molecule has 0 aromatic heterocycles. The molecule has 0 saturated heterocycles. The van der Waals surface area contributed by atoms with E-state index < -0.39 is 0 Å². The molecule has 52 valence electrons. The average Bonchev–Trinajstić information content (AvgIpc) is 1.69. The fourth-order valence-corrected chi connectivity index (χ4v) is 0.571. The van der Waals surface area contributed by atoms with Crippen LogP contribution in [0, 0.1) is 0 Å². The molecule has 0 spiro atoms. The Balaban J connectivity index is 0. The van der Waals surface area contributed by atoms with Gasteiger partial charge in [0, 0.05) is 0 Å². The summed E-state index contributed by atoms with van der Waals surface area (Å²) in [4.78, 5) is 0. The van der Waals surface area contributed by atoms with Crippen molar-refractivity contribution in [3.63, 3.8) is 0 Å². The maximum atomic E-state index is 5.27. The van der Waals surface area contributed by atoms with Crippen molar-refractivity contribution in [1.82, 2.24) is 0 Å². The van der Waals surface area contributed by atoms with Crippen LogP contribution in [-0.4, -0.2) is 6.54 Å². The van der Waals surface area contributed by atoms with Crippen LogP contribution in [0.4, 0.5) is 0 Å². The van der Waals surface area contributed by atoms with E-state index in [1.165, 1.54) is 25.7 Å². The summed E-state index contributed by atoms with van der Waals surface area (Å²) in [5, 5.41) is 0. The second kappa shape index (κ2) is 10.6. The topological polar surface area (TPSA) is 26.0 Å². The maximum Gasteiger partial charge on any atom is 3.00 e. The minimum Gasteiger partial charge on any atom is -0.330 e. The van der Waals surface area contributed by atoms with E-state index in [-0.39, 0.29) is 22.4 Å². The van der Waals surface area contributed by atoms with Gasteiger partial charge in [0.25, 0.3) is 0 Å². The van der Waals surface area contributed by atoms with Crippen LogP contribution in [0.2, 0.25) is 0 Å². The molecule has 0 aromatic carbocycles. The van der Waals surface area contributed by atoms with Gasteiger partial charge in [-0.15, -0.1) is 0 Å². The average molecular weight is 298 g/mol. The first-order valence-corrected chi connectivity index (χ1v) is 3.12. The summed E-state index contributed by atoms with van der Waals surface area (Å²) in [6.07, 6.45) is 5.16. The van der Waals surface area contributed by atoms with Crippen molar-refractivity contribution >= 4 is 0 Å². The van der Waals surface area contributed by atoms with Gasteiger partial charge in [-0.2, -0.15) is 0 Å². The first kappa shape index (κ1) is 11.5. The molecule has 0 saturated carbocycles. The van der Waals surface area contributed by atoms with Crippen molar-refractivity contribution in [2.24, 2.45) is 5.73 Å². The fourth-order valence-electron chi connectivity index (χ4n) is 0.571. The second-order valence-corrected chi connectivity index (χ2v) is 1.85. The molecule has 0 aliphatic heterocycles. The molecule has 0 radical (unpaired) electrons. The van der Waals surface area contributed by atoms with E-state index in [0.717, 1.165) is 6.54 Å². The SMILES string of the molecule is CCCCCCN.[Au+3]. The predicted octanol–water partition coefficient (Wildman–Crippen LogP) is 1.52. The van der Waals surface area contributed by atoms with Crippen LogP contribution in [0.1, 0.15) is 32.6 Å². The van der Waals surface area contributed by atoms with Gasteiger partial charge in [0.05, 0.1) is 0 Å². The first-order valence-electron chi connectivity index (χ1n) is 3.12. The Labute approximate surface area is 67.5 Å². The smallest absolute Gasteiger partial charge is 0.330 e. The molecule has 0 unspecified atom stereocenters. The molecule has 0 aliphatic carbocycles. The van der Waals surface area contributed by atoms with E-state index in [2.05, 4.69) is 6.92 Å². The molecule has 2 N–H and O–H groups in total. The Bertz CT molecular complexity index is 27.7. The summed E-state index contributed by atoms with van der Waals surface area (Å²) in [6, 6.07) is 0. The van der Waals surface area contributed by atoms with E-state index in [0.29, 0.717) is 0 Å². The molecule has 8 heavy (non-hydrogen) atoms. The number of hydrogen-bond acceptors (Lipinski definition) is 1. The quantitative estimate of drug-likeness (QED) is 0.618.